The summed E-state index contributed by atoms with van der Waals surface area (Å²) in [6.07, 6.45) is 1.05. The molecular weight excluding hydrogens is 332 g/mol. The first-order chi connectivity index (χ1) is 9.41. The van der Waals surface area contributed by atoms with Crippen LogP contribution in [-0.2, 0) is 4.79 Å². The largest absolute Gasteiger partial charge is 0.481 e. The Morgan fingerprint density at radius 3 is 2.65 bits per heavy atom. The van der Waals surface area contributed by atoms with Crippen LogP contribution in [0.3, 0.4) is 0 Å². The first-order valence-electron chi connectivity index (χ1n) is 5.85. The molecule has 108 valence electrons. The number of nitro benzene ring substituents is 1. The number of carbonyl (C=O) groups is 2. The highest BCUT2D eigenvalue weighted by molar-refractivity contribution is 9.10. The summed E-state index contributed by atoms with van der Waals surface area (Å²) in [6, 6.07) is 3.93. The van der Waals surface area contributed by atoms with Gasteiger partial charge in [-0.15, -0.1) is 0 Å². The van der Waals surface area contributed by atoms with E-state index in [2.05, 4.69) is 21.2 Å². The van der Waals surface area contributed by atoms with Crippen molar-refractivity contribution in [2.75, 3.05) is 6.54 Å². The van der Waals surface area contributed by atoms with E-state index in [4.69, 9.17) is 5.11 Å². The molecule has 0 unspecified atom stereocenters. The van der Waals surface area contributed by atoms with Crippen LogP contribution >= 0.6 is 15.9 Å². The van der Waals surface area contributed by atoms with Crippen LogP contribution in [0.1, 0.15) is 29.6 Å². The van der Waals surface area contributed by atoms with Gasteiger partial charge in [0, 0.05) is 29.6 Å². The van der Waals surface area contributed by atoms with Crippen molar-refractivity contribution in [2.24, 2.45) is 0 Å². The average molecular weight is 345 g/mol. The Bertz CT molecular complexity index is 533. The van der Waals surface area contributed by atoms with Crippen molar-refractivity contribution in [1.29, 1.82) is 0 Å². The summed E-state index contributed by atoms with van der Waals surface area (Å²) in [4.78, 5) is 32.2. The van der Waals surface area contributed by atoms with Gasteiger partial charge in [-0.25, -0.2) is 0 Å². The number of halogens is 1. The van der Waals surface area contributed by atoms with Gasteiger partial charge in [0.2, 0.25) is 0 Å². The fourth-order valence-electron chi connectivity index (χ4n) is 1.50. The number of nitro groups is 1. The number of amides is 1. The molecule has 1 aromatic carbocycles. The molecule has 8 heteroatoms. The lowest BCUT2D eigenvalue weighted by atomic mass is 10.2. The molecule has 0 atom stereocenters. The number of hydrogen-bond donors (Lipinski definition) is 2. The second kappa shape index (κ2) is 7.59. The van der Waals surface area contributed by atoms with Crippen molar-refractivity contribution in [3.8, 4) is 0 Å². The number of benzene rings is 1. The Balaban J connectivity index is 2.57. The van der Waals surface area contributed by atoms with E-state index in [1.54, 1.807) is 0 Å². The quantitative estimate of drug-likeness (QED) is 0.448. The van der Waals surface area contributed by atoms with E-state index in [1.807, 2.05) is 0 Å². The van der Waals surface area contributed by atoms with E-state index < -0.39 is 16.8 Å². The molecule has 0 fully saturated rings. The topological polar surface area (TPSA) is 110 Å². The zero-order valence-corrected chi connectivity index (χ0v) is 12.1. The number of carbonyl (C=O) groups excluding carboxylic acids is 1. The number of nitrogens with zero attached hydrogens (tertiary/aromatic N) is 1. The molecule has 0 aliphatic heterocycles. The Labute approximate surface area is 123 Å². The van der Waals surface area contributed by atoms with Gasteiger partial charge in [-0.1, -0.05) is 0 Å². The molecule has 0 bridgehead atoms. The third kappa shape index (κ3) is 4.96. The van der Waals surface area contributed by atoms with Gasteiger partial charge in [0.1, 0.15) is 0 Å². The Hall–Kier alpha value is -1.96. The molecule has 0 aliphatic carbocycles. The summed E-state index contributed by atoms with van der Waals surface area (Å²) < 4.78 is 0.464. The van der Waals surface area contributed by atoms with Crippen LogP contribution in [0.25, 0.3) is 0 Å². The molecule has 0 aliphatic rings. The Kier molecular flexibility index (Phi) is 6.10. The molecule has 0 saturated carbocycles. The van der Waals surface area contributed by atoms with E-state index in [0.717, 1.165) is 0 Å². The molecule has 0 spiro atoms. The zero-order valence-electron chi connectivity index (χ0n) is 10.5. The summed E-state index contributed by atoms with van der Waals surface area (Å²) in [5, 5.41) is 21.7. The van der Waals surface area contributed by atoms with Crippen molar-refractivity contribution in [3.05, 3.63) is 38.3 Å². The SMILES string of the molecule is O=C(O)CCCCNC(=O)c1cc([N+](=O)[O-])ccc1Br. The van der Waals surface area contributed by atoms with E-state index in [0.29, 0.717) is 23.9 Å². The van der Waals surface area contributed by atoms with E-state index >= 15 is 0 Å². The number of nitrogens with one attached hydrogen (secondary N) is 1. The molecule has 0 aromatic heterocycles. The molecule has 2 N–H and O–H groups in total. The molecule has 7 nitrogen and oxygen atoms in total. The summed E-state index contributed by atoms with van der Waals surface area (Å²) in [5.74, 6) is -1.31. The average Bonchev–Trinajstić information content (AvgIpc) is 2.37. The smallest absolute Gasteiger partial charge is 0.303 e. The van der Waals surface area contributed by atoms with Crippen LogP contribution in [-0.4, -0.2) is 28.5 Å². The van der Waals surface area contributed by atoms with Gasteiger partial charge in [-0.05, 0) is 34.8 Å². The fraction of sp³-hybridized carbons (Fsp3) is 0.333. The van der Waals surface area contributed by atoms with Crippen molar-refractivity contribution in [1.82, 2.24) is 5.32 Å². The van der Waals surface area contributed by atoms with Gasteiger partial charge in [-0.2, -0.15) is 0 Å². The third-order valence-corrected chi connectivity index (χ3v) is 3.20. The van der Waals surface area contributed by atoms with Gasteiger partial charge >= 0.3 is 5.97 Å². The van der Waals surface area contributed by atoms with Crippen LogP contribution in [0, 0.1) is 10.1 Å². The molecule has 0 heterocycles. The van der Waals surface area contributed by atoms with E-state index in [1.165, 1.54) is 18.2 Å². The van der Waals surface area contributed by atoms with Gasteiger partial charge in [-0.3, -0.25) is 19.7 Å². The predicted molar refractivity (Wildman–Crippen MR) is 74.6 cm³/mol. The van der Waals surface area contributed by atoms with Crippen LogP contribution in [0.15, 0.2) is 22.7 Å². The highest BCUT2D eigenvalue weighted by Crippen LogP contribution is 2.22. The molecule has 1 aromatic rings. The van der Waals surface area contributed by atoms with Gasteiger partial charge in [0.15, 0.2) is 0 Å². The first-order valence-corrected chi connectivity index (χ1v) is 6.65. The number of aliphatic carboxylic acids is 1. The standard InChI is InChI=1S/C12H13BrN2O5/c13-10-5-4-8(15(19)20)7-9(10)12(18)14-6-2-1-3-11(16)17/h4-5,7H,1-3,6H2,(H,14,18)(H,16,17). The Morgan fingerprint density at radius 2 is 2.05 bits per heavy atom. The van der Waals surface area contributed by atoms with Crippen LogP contribution in [0.5, 0.6) is 0 Å². The summed E-state index contributed by atoms with van der Waals surface area (Å²) >= 11 is 3.16. The number of unbranched alkanes of at least 4 members (excludes halogenated alkanes) is 1. The number of carboxylic acids is 1. The van der Waals surface area contributed by atoms with Crippen molar-refractivity contribution < 1.29 is 19.6 Å². The van der Waals surface area contributed by atoms with Crippen molar-refractivity contribution in [3.63, 3.8) is 0 Å². The minimum absolute atomic E-state index is 0.0520. The van der Waals surface area contributed by atoms with Crippen molar-refractivity contribution in [2.45, 2.75) is 19.3 Å². The third-order valence-electron chi connectivity index (χ3n) is 2.51. The number of rotatable bonds is 7. The Morgan fingerprint density at radius 1 is 1.35 bits per heavy atom. The summed E-state index contributed by atoms with van der Waals surface area (Å²) in [5.41, 5.74) is 0.0154. The lowest BCUT2D eigenvalue weighted by molar-refractivity contribution is -0.384. The van der Waals surface area contributed by atoms with Gasteiger partial charge < -0.3 is 10.4 Å². The first kappa shape index (κ1) is 16.1. The normalized spacial score (nSPS) is 10.1. The van der Waals surface area contributed by atoms with Crippen LogP contribution < -0.4 is 5.32 Å². The minimum atomic E-state index is -0.877. The monoisotopic (exact) mass is 344 g/mol. The van der Waals surface area contributed by atoms with Gasteiger partial charge in [0.05, 0.1) is 10.5 Å². The zero-order chi connectivity index (χ0) is 15.1. The van der Waals surface area contributed by atoms with E-state index in [-0.39, 0.29) is 17.7 Å². The second-order valence-electron chi connectivity index (χ2n) is 4.03. The molecular formula is C12H13BrN2O5. The maximum Gasteiger partial charge on any atom is 0.303 e. The van der Waals surface area contributed by atoms with Crippen LogP contribution in [0.4, 0.5) is 5.69 Å². The molecule has 0 radical (unpaired) electrons. The summed E-state index contributed by atoms with van der Waals surface area (Å²) in [6.45, 7) is 0.321. The fourth-order valence-corrected chi connectivity index (χ4v) is 1.93. The molecule has 0 saturated heterocycles. The highest BCUT2D eigenvalue weighted by atomic mass is 79.9. The number of carboxylic acid groups (broad SMARTS) is 1. The molecule has 1 rings (SSSR count). The molecule has 20 heavy (non-hydrogen) atoms. The highest BCUT2D eigenvalue weighted by Gasteiger charge is 2.15. The maximum absolute atomic E-state index is 11.9. The lowest BCUT2D eigenvalue weighted by Crippen LogP contribution is -2.25. The predicted octanol–water partition coefficient (Wildman–Crippen LogP) is 2.34. The number of non-ortho nitro benzene ring substituents is 1. The lowest BCUT2D eigenvalue weighted by Gasteiger charge is -2.06. The van der Waals surface area contributed by atoms with Gasteiger partial charge in [0.25, 0.3) is 11.6 Å². The number of hydrogen-bond acceptors (Lipinski definition) is 4. The second-order valence-corrected chi connectivity index (χ2v) is 4.88. The van der Waals surface area contributed by atoms with E-state index in [9.17, 15) is 19.7 Å². The maximum atomic E-state index is 11.9. The minimum Gasteiger partial charge on any atom is -0.481 e. The van der Waals surface area contributed by atoms with Crippen LogP contribution in [0.2, 0.25) is 0 Å². The van der Waals surface area contributed by atoms with Crippen molar-refractivity contribution >= 4 is 33.5 Å². The molecule has 1 amide bonds. The summed E-state index contributed by atoms with van der Waals surface area (Å²) in [7, 11) is 0.